The molecule has 1 unspecified atom stereocenters. The van der Waals surface area contributed by atoms with Gasteiger partial charge >= 0.3 is 0 Å². The van der Waals surface area contributed by atoms with Crippen molar-refractivity contribution < 1.29 is 4.74 Å². The highest BCUT2D eigenvalue weighted by molar-refractivity contribution is 6.30. The van der Waals surface area contributed by atoms with Gasteiger partial charge in [-0.3, -0.25) is 0 Å². The minimum atomic E-state index is 0.375. The lowest BCUT2D eigenvalue weighted by Gasteiger charge is -2.29. The molecule has 2 bridgehead atoms. The number of rotatable bonds is 2. The van der Waals surface area contributed by atoms with Crippen LogP contribution in [0.5, 0.6) is 5.75 Å². The topological polar surface area (TPSA) is 21.3 Å². The minimum Gasteiger partial charge on any atom is -0.490 e. The number of halogens is 1. The molecular weight excluding hydrogens is 222 g/mol. The third-order valence-corrected chi connectivity index (χ3v) is 3.80. The highest BCUT2D eigenvalue weighted by atomic mass is 35.5. The third kappa shape index (κ3) is 2.18. The second-order valence-corrected chi connectivity index (χ2v) is 5.24. The molecule has 0 saturated carbocycles. The van der Waals surface area contributed by atoms with E-state index < -0.39 is 0 Å². The molecule has 1 N–H and O–H groups in total. The zero-order chi connectivity index (χ0) is 11.0. The normalized spacial score (nSPS) is 32.7. The van der Waals surface area contributed by atoms with Crippen molar-refractivity contribution in [2.24, 2.45) is 0 Å². The van der Waals surface area contributed by atoms with Crippen LogP contribution in [0.25, 0.3) is 0 Å². The van der Waals surface area contributed by atoms with Gasteiger partial charge in [0.1, 0.15) is 11.9 Å². The van der Waals surface area contributed by atoms with E-state index in [9.17, 15) is 0 Å². The van der Waals surface area contributed by atoms with Gasteiger partial charge in [0, 0.05) is 17.1 Å². The summed E-state index contributed by atoms with van der Waals surface area (Å²) in [7, 11) is 0. The van der Waals surface area contributed by atoms with Crippen LogP contribution in [-0.2, 0) is 0 Å². The standard InChI is InChI=1S/C13H16ClNO/c14-9-1-5-12(6-2-9)16-13-7-10-3-4-11(8-13)15-10/h1-2,5-6,10-11,13,15H,3-4,7-8H2/t10-,11+,13?. The highest BCUT2D eigenvalue weighted by Crippen LogP contribution is 2.29. The van der Waals surface area contributed by atoms with E-state index in [0.717, 1.165) is 23.6 Å². The minimum absolute atomic E-state index is 0.375. The first-order chi connectivity index (χ1) is 7.79. The molecule has 2 aliphatic rings. The summed E-state index contributed by atoms with van der Waals surface area (Å²) in [5.41, 5.74) is 0. The van der Waals surface area contributed by atoms with Crippen LogP contribution in [0.3, 0.4) is 0 Å². The Bertz CT molecular complexity index is 353. The van der Waals surface area contributed by atoms with E-state index in [-0.39, 0.29) is 0 Å². The molecular formula is C13H16ClNO. The van der Waals surface area contributed by atoms with Crippen LogP contribution in [0.1, 0.15) is 25.7 Å². The maximum Gasteiger partial charge on any atom is 0.119 e. The van der Waals surface area contributed by atoms with Crippen molar-refractivity contribution in [2.45, 2.75) is 43.9 Å². The van der Waals surface area contributed by atoms with Gasteiger partial charge in [-0.15, -0.1) is 0 Å². The Hall–Kier alpha value is -0.730. The molecule has 0 aliphatic carbocycles. The lowest BCUT2D eigenvalue weighted by Crippen LogP contribution is -2.42. The van der Waals surface area contributed by atoms with Crippen molar-refractivity contribution in [3.05, 3.63) is 29.3 Å². The van der Waals surface area contributed by atoms with E-state index in [1.54, 1.807) is 0 Å². The summed E-state index contributed by atoms with van der Waals surface area (Å²) in [6, 6.07) is 9.02. The molecule has 2 aliphatic heterocycles. The Morgan fingerprint density at radius 3 is 2.31 bits per heavy atom. The number of benzene rings is 1. The molecule has 3 atom stereocenters. The van der Waals surface area contributed by atoms with Crippen molar-refractivity contribution in [1.29, 1.82) is 0 Å². The molecule has 2 heterocycles. The van der Waals surface area contributed by atoms with Crippen LogP contribution in [0.15, 0.2) is 24.3 Å². The third-order valence-electron chi connectivity index (χ3n) is 3.55. The van der Waals surface area contributed by atoms with Crippen molar-refractivity contribution in [2.75, 3.05) is 0 Å². The van der Waals surface area contributed by atoms with Crippen LogP contribution >= 0.6 is 11.6 Å². The zero-order valence-electron chi connectivity index (χ0n) is 9.16. The summed E-state index contributed by atoms with van der Waals surface area (Å²) in [6.45, 7) is 0. The van der Waals surface area contributed by atoms with Crippen molar-refractivity contribution in [3.8, 4) is 5.75 Å². The van der Waals surface area contributed by atoms with Gasteiger partial charge in [-0.25, -0.2) is 0 Å². The second kappa shape index (κ2) is 4.27. The van der Waals surface area contributed by atoms with Gasteiger partial charge in [-0.2, -0.15) is 0 Å². The van der Waals surface area contributed by atoms with E-state index in [1.807, 2.05) is 24.3 Å². The monoisotopic (exact) mass is 237 g/mol. The number of piperidine rings is 1. The number of fused-ring (bicyclic) bond motifs is 2. The maximum atomic E-state index is 5.99. The van der Waals surface area contributed by atoms with Crippen molar-refractivity contribution in [3.63, 3.8) is 0 Å². The average molecular weight is 238 g/mol. The first-order valence-electron chi connectivity index (χ1n) is 5.98. The van der Waals surface area contributed by atoms with Gasteiger partial charge in [0.05, 0.1) is 0 Å². The SMILES string of the molecule is Clc1ccc(OC2C[C@H]3CC[C@@H](C2)N3)cc1. The van der Waals surface area contributed by atoms with Crippen LogP contribution in [0.4, 0.5) is 0 Å². The Balaban J connectivity index is 1.64. The van der Waals surface area contributed by atoms with Crippen LogP contribution < -0.4 is 10.1 Å². The lowest BCUT2D eigenvalue weighted by atomic mass is 10.0. The summed E-state index contributed by atoms with van der Waals surface area (Å²) < 4.78 is 5.99. The van der Waals surface area contributed by atoms with E-state index in [0.29, 0.717) is 18.2 Å². The summed E-state index contributed by atoms with van der Waals surface area (Å²) in [5, 5.41) is 4.38. The molecule has 3 rings (SSSR count). The summed E-state index contributed by atoms with van der Waals surface area (Å²) in [4.78, 5) is 0. The van der Waals surface area contributed by atoms with E-state index >= 15 is 0 Å². The van der Waals surface area contributed by atoms with Crippen LogP contribution in [-0.4, -0.2) is 18.2 Å². The molecule has 16 heavy (non-hydrogen) atoms. The Kier molecular flexibility index (Phi) is 2.78. The Morgan fingerprint density at radius 1 is 1.06 bits per heavy atom. The summed E-state index contributed by atoms with van der Waals surface area (Å²) in [6.07, 6.45) is 5.27. The number of hydrogen-bond donors (Lipinski definition) is 1. The first kappa shape index (κ1) is 10.4. The molecule has 86 valence electrons. The van der Waals surface area contributed by atoms with Gasteiger partial charge in [-0.1, -0.05) is 11.6 Å². The van der Waals surface area contributed by atoms with E-state index in [2.05, 4.69) is 5.32 Å². The largest absolute Gasteiger partial charge is 0.490 e. The predicted octanol–water partition coefficient (Wildman–Crippen LogP) is 3.00. The molecule has 1 aromatic rings. The Morgan fingerprint density at radius 2 is 1.69 bits per heavy atom. The van der Waals surface area contributed by atoms with Gasteiger partial charge in [0.15, 0.2) is 0 Å². The van der Waals surface area contributed by atoms with Crippen LogP contribution in [0.2, 0.25) is 5.02 Å². The maximum absolute atomic E-state index is 5.99. The van der Waals surface area contributed by atoms with E-state index in [1.165, 1.54) is 12.8 Å². The molecule has 0 spiro atoms. The van der Waals surface area contributed by atoms with E-state index in [4.69, 9.17) is 16.3 Å². The zero-order valence-corrected chi connectivity index (χ0v) is 9.91. The summed E-state index contributed by atoms with van der Waals surface area (Å²) >= 11 is 5.85. The Labute approximate surface area is 101 Å². The highest BCUT2D eigenvalue weighted by Gasteiger charge is 2.34. The predicted molar refractivity (Wildman–Crippen MR) is 65.0 cm³/mol. The fourth-order valence-electron chi connectivity index (χ4n) is 2.81. The average Bonchev–Trinajstić information content (AvgIpc) is 2.62. The van der Waals surface area contributed by atoms with Gasteiger partial charge < -0.3 is 10.1 Å². The molecule has 0 amide bonds. The molecule has 0 aromatic heterocycles. The number of nitrogens with one attached hydrogen (secondary N) is 1. The second-order valence-electron chi connectivity index (χ2n) is 4.80. The van der Waals surface area contributed by atoms with Crippen LogP contribution in [0, 0.1) is 0 Å². The fraction of sp³-hybridized carbons (Fsp3) is 0.538. The molecule has 3 heteroatoms. The van der Waals surface area contributed by atoms with Gasteiger partial charge in [0.2, 0.25) is 0 Å². The number of hydrogen-bond acceptors (Lipinski definition) is 2. The van der Waals surface area contributed by atoms with Crippen molar-refractivity contribution >= 4 is 11.6 Å². The number of ether oxygens (including phenoxy) is 1. The first-order valence-corrected chi connectivity index (χ1v) is 6.35. The quantitative estimate of drug-likeness (QED) is 0.854. The van der Waals surface area contributed by atoms with Gasteiger partial charge in [-0.05, 0) is 49.9 Å². The molecule has 1 aromatic carbocycles. The molecule has 2 fully saturated rings. The fourth-order valence-corrected chi connectivity index (χ4v) is 2.93. The molecule has 2 nitrogen and oxygen atoms in total. The molecule has 2 saturated heterocycles. The summed E-state index contributed by atoms with van der Waals surface area (Å²) in [5.74, 6) is 0.940. The smallest absolute Gasteiger partial charge is 0.119 e. The van der Waals surface area contributed by atoms with Gasteiger partial charge in [0.25, 0.3) is 0 Å². The van der Waals surface area contributed by atoms with Crippen molar-refractivity contribution in [1.82, 2.24) is 5.32 Å². The lowest BCUT2D eigenvalue weighted by molar-refractivity contribution is 0.137. The molecule has 0 radical (unpaired) electrons.